The summed E-state index contributed by atoms with van der Waals surface area (Å²) < 4.78 is 10.9. The minimum Gasteiger partial charge on any atom is -0.378 e. The Morgan fingerprint density at radius 3 is 2.67 bits per heavy atom. The molecule has 0 N–H and O–H groups in total. The lowest BCUT2D eigenvalue weighted by molar-refractivity contribution is -0.0441. The largest absolute Gasteiger partial charge is 0.378 e. The summed E-state index contributed by atoms with van der Waals surface area (Å²) in [6.45, 7) is 4.85. The molecule has 0 saturated carbocycles. The molecule has 2 fully saturated rings. The van der Waals surface area contributed by atoms with Crippen molar-refractivity contribution in [1.82, 2.24) is 0 Å². The van der Waals surface area contributed by atoms with Crippen molar-refractivity contribution in [3.8, 4) is 0 Å². The zero-order valence-corrected chi connectivity index (χ0v) is 7.42. The van der Waals surface area contributed by atoms with E-state index in [1.807, 2.05) is 0 Å². The summed E-state index contributed by atoms with van der Waals surface area (Å²) >= 11 is 0. The number of rotatable bonds is 1. The van der Waals surface area contributed by atoms with Gasteiger partial charge in [0.25, 0.3) is 0 Å². The predicted molar refractivity (Wildman–Crippen MR) is 45.5 cm³/mol. The first-order valence-corrected chi connectivity index (χ1v) is 4.96. The third-order valence-electron chi connectivity index (χ3n) is 2.66. The van der Waals surface area contributed by atoms with Gasteiger partial charge in [-0.2, -0.15) is 0 Å². The third kappa shape index (κ3) is 1.99. The van der Waals surface area contributed by atoms with Crippen LogP contribution in [-0.2, 0) is 9.47 Å². The van der Waals surface area contributed by atoms with E-state index in [9.17, 15) is 0 Å². The Balaban J connectivity index is 1.80. The second-order valence-electron chi connectivity index (χ2n) is 3.62. The molecule has 0 amide bonds. The second-order valence-corrected chi connectivity index (χ2v) is 3.62. The smallest absolute Gasteiger partial charge is 0.138 e. The molecule has 2 unspecified atom stereocenters. The first-order chi connectivity index (χ1) is 5.97. The van der Waals surface area contributed by atoms with E-state index in [2.05, 4.69) is 6.61 Å². The average Bonchev–Trinajstić information content (AvgIpc) is 2.21. The van der Waals surface area contributed by atoms with E-state index in [0.29, 0.717) is 12.0 Å². The highest BCUT2D eigenvalue weighted by Gasteiger charge is 2.27. The highest BCUT2D eigenvalue weighted by atomic mass is 16.5. The topological polar surface area (TPSA) is 18.5 Å². The van der Waals surface area contributed by atoms with Crippen LogP contribution in [0.1, 0.15) is 32.1 Å². The molecule has 2 aliphatic rings. The van der Waals surface area contributed by atoms with Gasteiger partial charge in [0.05, 0.1) is 6.10 Å². The summed E-state index contributed by atoms with van der Waals surface area (Å²) in [6, 6.07) is 0. The molecule has 2 radical (unpaired) electrons. The van der Waals surface area contributed by atoms with Gasteiger partial charge in [-0.15, -0.1) is 0 Å². The Labute approximate surface area is 74.2 Å². The first-order valence-electron chi connectivity index (χ1n) is 4.96. The summed E-state index contributed by atoms with van der Waals surface area (Å²) in [7, 11) is 0. The van der Waals surface area contributed by atoms with Crippen LogP contribution in [0.25, 0.3) is 0 Å². The van der Waals surface area contributed by atoms with Gasteiger partial charge in [0, 0.05) is 19.1 Å². The van der Waals surface area contributed by atoms with Crippen molar-refractivity contribution in [3.05, 3.63) is 6.61 Å². The van der Waals surface area contributed by atoms with Crippen LogP contribution in [-0.4, -0.2) is 19.3 Å². The molecule has 0 spiro atoms. The van der Waals surface area contributed by atoms with Crippen LogP contribution in [0.2, 0.25) is 0 Å². The van der Waals surface area contributed by atoms with E-state index < -0.39 is 0 Å². The number of hydrogen-bond acceptors (Lipinski definition) is 2. The molecular formula is C10H16O2. The number of hydrogen-bond donors (Lipinski definition) is 0. The van der Waals surface area contributed by atoms with Crippen LogP contribution in [0.4, 0.5) is 0 Å². The molecule has 2 atom stereocenters. The molecule has 2 heteroatoms. The lowest BCUT2D eigenvalue weighted by Gasteiger charge is -2.31. The lowest BCUT2D eigenvalue weighted by atomic mass is 9.91. The zero-order valence-electron chi connectivity index (χ0n) is 7.42. The maximum atomic E-state index is 5.67. The highest BCUT2D eigenvalue weighted by molar-refractivity contribution is 4.81. The van der Waals surface area contributed by atoms with E-state index in [0.717, 1.165) is 19.6 Å². The van der Waals surface area contributed by atoms with E-state index in [1.165, 1.54) is 25.7 Å². The number of ether oxygens (including phenoxy) is 2. The average molecular weight is 168 g/mol. The van der Waals surface area contributed by atoms with Gasteiger partial charge < -0.3 is 9.47 Å². The van der Waals surface area contributed by atoms with Gasteiger partial charge in [-0.1, -0.05) is 0 Å². The highest BCUT2D eigenvalue weighted by Crippen LogP contribution is 2.28. The quantitative estimate of drug-likeness (QED) is 0.596. The molecular weight excluding hydrogens is 152 g/mol. The van der Waals surface area contributed by atoms with E-state index >= 15 is 0 Å². The third-order valence-corrected chi connectivity index (χ3v) is 2.66. The van der Waals surface area contributed by atoms with Gasteiger partial charge in [0.1, 0.15) is 6.61 Å². The molecule has 0 aromatic rings. The fourth-order valence-electron chi connectivity index (χ4n) is 1.95. The van der Waals surface area contributed by atoms with Crippen molar-refractivity contribution in [2.24, 2.45) is 5.92 Å². The molecule has 2 rings (SSSR count). The fourth-order valence-corrected chi connectivity index (χ4v) is 1.95. The Hall–Kier alpha value is -0.0800. The summed E-state index contributed by atoms with van der Waals surface area (Å²) in [6.07, 6.45) is 6.50. The summed E-state index contributed by atoms with van der Waals surface area (Å²) in [5.74, 6) is 0.444. The first kappa shape index (κ1) is 8.52. The Morgan fingerprint density at radius 2 is 2.00 bits per heavy atom. The van der Waals surface area contributed by atoms with Crippen LogP contribution >= 0.6 is 0 Å². The van der Waals surface area contributed by atoms with Gasteiger partial charge in [-0.3, -0.25) is 0 Å². The molecule has 0 bridgehead atoms. The van der Waals surface area contributed by atoms with Crippen molar-refractivity contribution in [3.63, 3.8) is 0 Å². The molecule has 0 aromatic heterocycles. The maximum absolute atomic E-state index is 5.67. The normalized spacial score (nSPS) is 38.0. The van der Waals surface area contributed by atoms with Crippen LogP contribution in [0, 0.1) is 12.5 Å². The minimum atomic E-state index is 0.402. The summed E-state index contributed by atoms with van der Waals surface area (Å²) in [5, 5.41) is 0. The van der Waals surface area contributed by atoms with Gasteiger partial charge in [-0.05, 0) is 32.1 Å². The fraction of sp³-hybridized carbons (Fsp3) is 0.900. The molecule has 2 nitrogen and oxygen atoms in total. The monoisotopic (exact) mass is 168 g/mol. The predicted octanol–water partition coefficient (Wildman–Crippen LogP) is 2.02. The maximum Gasteiger partial charge on any atom is 0.138 e. The SMILES string of the molecule is [C]1OCCCC1C1CCCCO1. The zero-order chi connectivity index (χ0) is 8.23. The second kappa shape index (κ2) is 4.24. The van der Waals surface area contributed by atoms with E-state index in [1.54, 1.807) is 0 Å². The van der Waals surface area contributed by atoms with Crippen LogP contribution in [0.15, 0.2) is 0 Å². The summed E-state index contributed by atoms with van der Waals surface area (Å²) in [5.41, 5.74) is 0. The van der Waals surface area contributed by atoms with Crippen molar-refractivity contribution < 1.29 is 9.47 Å². The van der Waals surface area contributed by atoms with Gasteiger partial charge in [0.15, 0.2) is 0 Å². The molecule has 68 valence electrons. The lowest BCUT2D eigenvalue weighted by Crippen LogP contribution is -2.31. The Morgan fingerprint density at radius 1 is 1.00 bits per heavy atom. The standard InChI is InChI=1S/C10H16O2/c1-2-7-12-10(5-1)9-4-3-6-11-8-9/h9-10H,1-7H2. The van der Waals surface area contributed by atoms with Crippen molar-refractivity contribution in [2.75, 3.05) is 13.2 Å². The van der Waals surface area contributed by atoms with E-state index in [-0.39, 0.29) is 0 Å². The molecule has 0 aromatic carbocycles. The summed E-state index contributed by atoms with van der Waals surface area (Å²) in [4.78, 5) is 0. The van der Waals surface area contributed by atoms with Gasteiger partial charge in [0.2, 0.25) is 0 Å². The molecule has 2 saturated heterocycles. The van der Waals surface area contributed by atoms with Crippen LogP contribution in [0.5, 0.6) is 0 Å². The van der Waals surface area contributed by atoms with Crippen LogP contribution < -0.4 is 0 Å². The molecule has 2 heterocycles. The van der Waals surface area contributed by atoms with Gasteiger partial charge >= 0.3 is 0 Å². The van der Waals surface area contributed by atoms with Crippen molar-refractivity contribution in [2.45, 2.75) is 38.2 Å². The van der Waals surface area contributed by atoms with Crippen molar-refractivity contribution in [1.29, 1.82) is 0 Å². The van der Waals surface area contributed by atoms with E-state index in [4.69, 9.17) is 9.47 Å². The molecule has 2 aliphatic heterocycles. The Kier molecular flexibility index (Phi) is 3.01. The van der Waals surface area contributed by atoms with Gasteiger partial charge in [-0.25, -0.2) is 0 Å². The Bertz CT molecular complexity index is 108. The van der Waals surface area contributed by atoms with Crippen LogP contribution in [0.3, 0.4) is 0 Å². The minimum absolute atomic E-state index is 0.402. The van der Waals surface area contributed by atoms with Crippen molar-refractivity contribution >= 4 is 0 Å². The molecule has 12 heavy (non-hydrogen) atoms. The molecule has 0 aliphatic carbocycles.